The minimum absolute atomic E-state index is 0.259. The van der Waals surface area contributed by atoms with Crippen molar-refractivity contribution in [3.8, 4) is 5.75 Å². The van der Waals surface area contributed by atoms with Gasteiger partial charge in [0.2, 0.25) is 11.1 Å². The maximum absolute atomic E-state index is 14.0. The molecule has 172 valence electrons. The highest BCUT2D eigenvalue weighted by atomic mass is 32.2. The second-order valence-corrected chi connectivity index (χ2v) is 8.28. The molecule has 1 N–H and O–H groups in total. The number of nitrogens with one attached hydrogen (secondary N) is 1. The molecule has 33 heavy (non-hydrogen) atoms. The van der Waals surface area contributed by atoms with Crippen LogP contribution in [0.2, 0.25) is 0 Å². The van der Waals surface area contributed by atoms with Gasteiger partial charge in [-0.05, 0) is 50.1 Å². The Hall–Kier alpha value is -3.33. The lowest BCUT2D eigenvalue weighted by Gasteiger charge is -2.28. The fourth-order valence-electron chi connectivity index (χ4n) is 3.67. The van der Waals surface area contributed by atoms with Gasteiger partial charge in [-0.25, -0.2) is 13.9 Å². The monoisotopic (exact) mass is 468 g/mol. The molecule has 0 aliphatic carbocycles. The molecule has 9 heteroatoms. The topological polar surface area (TPSA) is 78.3 Å². The second kappa shape index (κ2) is 10.1. The fourth-order valence-corrected chi connectivity index (χ4v) is 4.49. The van der Waals surface area contributed by atoms with Crippen molar-refractivity contribution in [2.24, 2.45) is 0 Å². The number of thioether (sulfide) groups is 1. The number of fused-ring (bicyclic) bond motifs is 1. The molecule has 1 unspecified atom stereocenters. The predicted molar refractivity (Wildman–Crippen MR) is 125 cm³/mol. The van der Waals surface area contributed by atoms with Crippen LogP contribution in [0.25, 0.3) is 0 Å². The molecule has 0 spiro atoms. The van der Waals surface area contributed by atoms with Gasteiger partial charge in [0.05, 0.1) is 18.8 Å². The van der Waals surface area contributed by atoms with Gasteiger partial charge in [-0.1, -0.05) is 42.1 Å². The van der Waals surface area contributed by atoms with E-state index in [2.05, 4.69) is 15.4 Å². The summed E-state index contributed by atoms with van der Waals surface area (Å²) in [6.45, 7) is 6.29. The van der Waals surface area contributed by atoms with Crippen molar-refractivity contribution in [3.05, 3.63) is 76.7 Å². The average Bonchev–Trinajstić information content (AvgIpc) is 3.20. The molecular weight excluding hydrogens is 443 g/mol. The van der Waals surface area contributed by atoms with Crippen LogP contribution in [-0.2, 0) is 15.3 Å². The molecule has 1 aliphatic rings. The highest BCUT2D eigenvalue weighted by Gasteiger charge is 2.35. The SMILES string of the molecule is CCOC(=O)C1=C(C)Nc2nc(SCc3ccccc3F)nn2C1c1cccc(OCC)c1. The molecule has 0 saturated heterocycles. The van der Waals surface area contributed by atoms with E-state index in [1.54, 1.807) is 29.8 Å². The van der Waals surface area contributed by atoms with Crippen molar-refractivity contribution >= 4 is 23.7 Å². The van der Waals surface area contributed by atoms with Crippen LogP contribution in [0.1, 0.15) is 37.9 Å². The van der Waals surface area contributed by atoms with Gasteiger partial charge in [-0.15, -0.1) is 5.10 Å². The Balaban J connectivity index is 1.71. The minimum Gasteiger partial charge on any atom is -0.494 e. The van der Waals surface area contributed by atoms with Gasteiger partial charge in [0.25, 0.3) is 0 Å². The second-order valence-electron chi connectivity index (χ2n) is 7.33. The first-order valence-corrected chi connectivity index (χ1v) is 11.7. The van der Waals surface area contributed by atoms with Crippen LogP contribution in [0.3, 0.4) is 0 Å². The Kier molecular flexibility index (Phi) is 6.98. The zero-order valence-electron chi connectivity index (χ0n) is 18.7. The van der Waals surface area contributed by atoms with Gasteiger partial charge < -0.3 is 14.8 Å². The summed E-state index contributed by atoms with van der Waals surface area (Å²) in [6, 6.07) is 13.6. The van der Waals surface area contributed by atoms with Crippen LogP contribution in [0, 0.1) is 5.82 Å². The maximum Gasteiger partial charge on any atom is 0.338 e. The summed E-state index contributed by atoms with van der Waals surface area (Å²) in [7, 11) is 0. The summed E-state index contributed by atoms with van der Waals surface area (Å²) in [5.74, 6) is 0.905. The molecule has 2 aromatic carbocycles. The van der Waals surface area contributed by atoms with Gasteiger partial charge in [-0.2, -0.15) is 4.98 Å². The minimum atomic E-state index is -0.545. The van der Waals surface area contributed by atoms with Crippen molar-refractivity contribution < 1.29 is 18.7 Å². The molecule has 0 radical (unpaired) electrons. The molecule has 0 saturated carbocycles. The van der Waals surface area contributed by atoms with Crippen molar-refractivity contribution in [3.63, 3.8) is 0 Å². The predicted octanol–water partition coefficient (Wildman–Crippen LogP) is 4.96. The van der Waals surface area contributed by atoms with Crippen LogP contribution in [0.4, 0.5) is 10.3 Å². The molecule has 7 nitrogen and oxygen atoms in total. The zero-order chi connectivity index (χ0) is 23.4. The first kappa shape index (κ1) is 22.8. The van der Waals surface area contributed by atoms with Crippen molar-refractivity contribution in [2.45, 2.75) is 37.7 Å². The van der Waals surface area contributed by atoms with E-state index < -0.39 is 12.0 Å². The number of carbonyl (C=O) groups is 1. The molecule has 1 atom stereocenters. The number of aromatic nitrogens is 3. The molecular formula is C24H25FN4O3S. The van der Waals surface area contributed by atoms with Crippen LogP contribution >= 0.6 is 11.8 Å². The molecule has 0 amide bonds. The van der Waals surface area contributed by atoms with Crippen molar-refractivity contribution in [2.75, 3.05) is 18.5 Å². The number of benzene rings is 2. The number of anilines is 1. The van der Waals surface area contributed by atoms with E-state index in [-0.39, 0.29) is 12.4 Å². The lowest BCUT2D eigenvalue weighted by molar-refractivity contribution is -0.139. The van der Waals surface area contributed by atoms with Gasteiger partial charge in [0.15, 0.2) is 0 Å². The summed E-state index contributed by atoms with van der Waals surface area (Å²) in [6.07, 6.45) is 0. The normalized spacial score (nSPS) is 15.1. The van der Waals surface area contributed by atoms with Crippen molar-refractivity contribution in [1.29, 1.82) is 0 Å². The third-order valence-electron chi connectivity index (χ3n) is 5.13. The Morgan fingerprint density at radius 1 is 1.18 bits per heavy atom. The quantitative estimate of drug-likeness (QED) is 0.370. The highest BCUT2D eigenvalue weighted by molar-refractivity contribution is 7.98. The van der Waals surface area contributed by atoms with E-state index in [0.717, 1.165) is 5.56 Å². The summed E-state index contributed by atoms with van der Waals surface area (Å²) in [5.41, 5.74) is 2.49. The number of allylic oxidation sites excluding steroid dienone is 1. The Labute approximate surface area is 196 Å². The molecule has 2 heterocycles. The number of esters is 1. The van der Waals surface area contributed by atoms with E-state index in [0.29, 0.717) is 46.0 Å². The van der Waals surface area contributed by atoms with E-state index in [4.69, 9.17) is 9.47 Å². The number of rotatable bonds is 8. The fraction of sp³-hybridized carbons (Fsp3) is 0.292. The van der Waals surface area contributed by atoms with Crippen LogP contribution < -0.4 is 10.1 Å². The lowest BCUT2D eigenvalue weighted by atomic mass is 9.95. The zero-order valence-corrected chi connectivity index (χ0v) is 19.5. The number of halogens is 1. The van der Waals surface area contributed by atoms with E-state index in [1.165, 1.54) is 17.8 Å². The number of hydrogen-bond donors (Lipinski definition) is 1. The van der Waals surface area contributed by atoms with Gasteiger partial charge in [-0.3, -0.25) is 0 Å². The largest absolute Gasteiger partial charge is 0.494 e. The smallest absolute Gasteiger partial charge is 0.338 e. The molecule has 3 aromatic rings. The Bertz CT molecular complexity index is 1190. The standard InChI is InChI=1S/C24H25FN4O3S/c1-4-31-18-11-8-10-16(13-18)21-20(22(30)32-5-2)15(3)26-23-27-24(28-29(21)23)33-14-17-9-6-7-12-19(17)25/h6-13,21H,4-5,14H2,1-3H3,(H,26,27,28). The molecule has 1 aliphatic heterocycles. The van der Waals surface area contributed by atoms with Crippen LogP contribution in [0.5, 0.6) is 5.75 Å². The number of hydrogen-bond acceptors (Lipinski definition) is 7. The molecule has 1 aromatic heterocycles. The molecule has 4 rings (SSSR count). The Morgan fingerprint density at radius 3 is 2.76 bits per heavy atom. The molecule has 0 bridgehead atoms. The number of nitrogens with zero attached hydrogens (tertiary/aromatic N) is 3. The highest BCUT2D eigenvalue weighted by Crippen LogP contribution is 2.38. The van der Waals surface area contributed by atoms with Gasteiger partial charge >= 0.3 is 5.97 Å². The van der Waals surface area contributed by atoms with Crippen LogP contribution in [0.15, 0.2) is 65.0 Å². The van der Waals surface area contributed by atoms with Crippen LogP contribution in [-0.4, -0.2) is 33.9 Å². The van der Waals surface area contributed by atoms with Crippen molar-refractivity contribution in [1.82, 2.24) is 14.8 Å². The summed E-state index contributed by atoms with van der Waals surface area (Å²) < 4.78 is 26.7. The van der Waals surface area contributed by atoms with Gasteiger partial charge in [0, 0.05) is 11.4 Å². The first-order chi connectivity index (χ1) is 16.0. The first-order valence-electron chi connectivity index (χ1n) is 10.7. The number of carbonyl (C=O) groups excluding carboxylic acids is 1. The molecule has 0 fully saturated rings. The van der Waals surface area contributed by atoms with E-state index in [9.17, 15) is 9.18 Å². The van der Waals surface area contributed by atoms with Gasteiger partial charge in [0.1, 0.15) is 17.6 Å². The summed E-state index contributed by atoms with van der Waals surface area (Å²) in [4.78, 5) is 17.5. The average molecular weight is 469 g/mol. The Morgan fingerprint density at radius 2 is 2.00 bits per heavy atom. The van der Waals surface area contributed by atoms with E-state index in [1.807, 2.05) is 38.1 Å². The summed E-state index contributed by atoms with van der Waals surface area (Å²) >= 11 is 1.33. The number of ether oxygens (including phenoxy) is 2. The third-order valence-corrected chi connectivity index (χ3v) is 6.01. The van der Waals surface area contributed by atoms with E-state index >= 15 is 0 Å². The third kappa shape index (κ3) is 4.88. The maximum atomic E-state index is 14.0. The lowest BCUT2D eigenvalue weighted by Crippen LogP contribution is -2.29. The summed E-state index contributed by atoms with van der Waals surface area (Å²) in [5, 5.41) is 8.30.